The molecular formula is C29H35NS. The van der Waals surface area contributed by atoms with Crippen molar-refractivity contribution in [3.63, 3.8) is 0 Å². The largest absolute Gasteiger partial charge is 0.256 e. The van der Waals surface area contributed by atoms with Crippen LogP contribution in [0, 0.1) is 12.3 Å². The topological polar surface area (TPSA) is 12.9 Å². The summed E-state index contributed by atoms with van der Waals surface area (Å²) in [5.74, 6) is -0.651. The number of pyridine rings is 1. The molecule has 1 unspecified atom stereocenters. The van der Waals surface area contributed by atoms with Crippen molar-refractivity contribution in [2.24, 2.45) is 5.41 Å². The van der Waals surface area contributed by atoms with Gasteiger partial charge in [-0.05, 0) is 58.9 Å². The maximum atomic E-state index is 9.02. The lowest BCUT2D eigenvalue weighted by Gasteiger charge is -2.23. The highest BCUT2D eigenvalue weighted by atomic mass is 32.1. The Hall–Kier alpha value is -2.19. The molecule has 0 saturated heterocycles. The Morgan fingerprint density at radius 1 is 0.968 bits per heavy atom. The highest BCUT2D eigenvalue weighted by Gasteiger charge is 2.21. The predicted molar refractivity (Wildman–Crippen MR) is 138 cm³/mol. The number of aromatic nitrogens is 1. The Labute approximate surface area is 192 Å². The summed E-state index contributed by atoms with van der Waals surface area (Å²) in [5.41, 5.74) is 6.15. The van der Waals surface area contributed by atoms with Crippen LogP contribution in [0.15, 0.2) is 48.7 Å². The van der Waals surface area contributed by atoms with Gasteiger partial charge < -0.3 is 0 Å². The third-order valence-electron chi connectivity index (χ3n) is 6.05. The van der Waals surface area contributed by atoms with E-state index in [1.807, 2.05) is 30.5 Å². The molecule has 31 heavy (non-hydrogen) atoms. The van der Waals surface area contributed by atoms with Gasteiger partial charge in [0, 0.05) is 33.3 Å². The molecule has 1 atom stereocenters. The van der Waals surface area contributed by atoms with Gasteiger partial charge in [0.2, 0.25) is 0 Å². The molecule has 4 rings (SSSR count). The molecule has 0 saturated carbocycles. The number of thiophene rings is 1. The van der Waals surface area contributed by atoms with Gasteiger partial charge in [-0.3, -0.25) is 4.98 Å². The molecule has 2 aromatic heterocycles. The highest BCUT2D eigenvalue weighted by molar-refractivity contribution is 7.26. The van der Waals surface area contributed by atoms with Crippen molar-refractivity contribution in [3.05, 3.63) is 65.4 Å². The van der Waals surface area contributed by atoms with Crippen molar-refractivity contribution in [2.75, 3.05) is 0 Å². The van der Waals surface area contributed by atoms with E-state index in [1.165, 1.54) is 31.3 Å². The van der Waals surface area contributed by atoms with Crippen LogP contribution >= 0.6 is 11.3 Å². The first-order chi connectivity index (χ1) is 14.8. The zero-order valence-electron chi connectivity index (χ0n) is 21.2. The minimum absolute atomic E-state index is 0.0910. The van der Waals surface area contributed by atoms with E-state index < -0.39 is 5.89 Å². The third-order valence-corrected chi connectivity index (χ3v) is 7.42. The number of hydrogen-bond acceptors (Lipinski definition) is 2. The molecule has 0 N–H and O–H groups in total. The van der Waals surface area contributed by atoms with Crippen molar-refractivity contribution in [1.82, 2.24) is 4.98 Å². The van der Waals surface area contributed by atoms with Crippen molar-refractivity contribution in [2.45, 2.75) is 73.1 Å². The standard InChI is InChI=1S/C29H35NS/c1-18(17-28(3,4)5)20-14-15-30-25(16-20)23-11-9-10-21-22-12-13-24(29(6,7)8)19(2)26(22)31-27(21)23/h9-16,18H,17H2,1-8H3/i18D. The molecule has 2 aromatic carbocycles. The minimum Gasteiger partial charge on any atom is -0.256 e. The molecule has 0 fully saturated rings. The average Bonchev–Trinajstić information content (AvgIpc) is 3.05. The van der Waals surface area contributed by atoms with E-state index in [0.717, 1.165) is 23.2 Å². The molecule has 0 bridgehead atoms. The number of rotatable bonds is 3. The summed E-state index contributed by atoms with van der Waals surface area (Å²) in [6.45, 7) is 17.7. The van der Waals surface area contributed by atoms with Crippen LogP contribution in [0.25, 0.3) is 31.4 Å². The van der Waals surface area contributed by atoms with E-state index in [2.05, 4.69) is 84.9 Å². The molecule has 4 aromatic rings. The van der Waals surface area contributed by atoms with Crippen LogP contribution in [0.5, 0.6) is 0 Å². The Morgan fingerprint density at radius 3 is 2.35 bits per heavy atom. The van der Waals surface area contributed by atoms with Crippen LogP contribution in [0.2, 0.25) is 0 Å². The number of benzene rings is 2. The molecular weight excluding hydrogens is 394 g/mol. The number of fused-ring (bicyclic) bond motifs is 3. The quantitative estimate of drug-likeness (QED) is 0.315. The summed E-state index contributed by atoms with van der Waals surface area (Å²) in [7, 11) is 0. The van der Waals surface area contributed by atoms with Crippen LogP contribution < -0.4 is 0 Å². The Balaban J connectivity index is 1.89. The van der Waals surface area contributed by atoms with E-state index in [4.69, 9.17) is 6.35 Å². The molecule has 0 radical (unpaired) electrons. The molecule has 1 nitrogen and oxygen atoms in total. The van der Waals surface area contributed by atoms with Crippen molar-refractivity contribution in [3.8, 4) is 11.3 Å². The van der Waals surface area contributed by atoms with Gasteiger partial charge in [0.1, 0.15) is 0 Å². The van der Waals surface area contributed by atoms with Crippen molar-refractivity contribution < 1.29 is 1.37 Å². The van der Waals surface area contributed by atoms with Gasteiger partial charge in [-0.25, -0.2) is 0 Å². The number of hydrogen-bond donors (Lipinski definition) is 0. The van der Waals surface area contributed by atoms with Gasteiger partial charge >= 0.3 is 0 Å². The van der Waals surface area contributed by atoms with Gasteiger partial charge in [0.05, 0.1) is 5.69 Å². The first kappa shape index (κ1) is 20.7. The van der Waals surface area contributed by atoms with Gasteiger partial charge in [0.15, 0.2) is 0 Å². The highest BCUT2D eigenvalue weighted by Crippen LogP contribution is 2.43. The molecule has 0 spiro atoms. The summed E-state index contributed by atoms with van der Waals surface area (Å²) < 4.78 is 11.7. The lowest BCUT2D eigenvalue weighted by atomic mass is 9.82. The van der Waals surface area contributed by atoms with E-state index in [9.17, 15) is 0 Å². The SMILES string of the molecule is [2H]C(C)(CC(C)(C)C)c1ccnc(-c2cccc3c2sc2c(C)c(C(C)(C)C)ccc23)c1. The lowest BCUT2D eigenvalue weighted by molar-refractivity contribution is 0.349. The summed E-state index contributed by atoms with van der Waals surface area (Å²) in [4.78, 5) is 4.74. The predicted octanol–water partition coefficient (Wildman–Crippen LogP) is 9.26. The fraction of sp³-hybridized carbons (Fsp3) is 0.414. The first-order valence-electron chi connectivity index (χ1n) is 11.7. The minimum atomic E-state index is -0.651. The molecule has 162 valence electrons. The molecule has 2 heterocycles. The van der Waals surface area contributed by atoms with E-state index in [1.54, 1.807) is 0 Å². The summed E-state index contributed by atoms with van der Waals surface area (Å²) >= 11 is 1.88. The van der Waals surface area contributed by atoms with Crippen LogP contribution in [0.3, 0.4) is 0 Å². The lowest BCUT2D eigenvalue weighted by Crippen LogP contribution is -2.12. The van der Waals surface area contributed by atoms with Crippen LogP contribution in [-0.4, -0.2) is 4.98 Å². The maximum Gasteiger partial charge on any atom is 0.0719 e. The smallest absolute Gasteiger partial charge is 0.0719 e. The second-order valence-electron chi connectivity index (χ2n) is 11.1. The Morgan fingerprint density at radius 2 is 1.68 bits per heavy atom. The van der Waals surface area contributed by atoms with Gasteiger partial charge in [-0.1, -0.05) is 78.8 Å². The summed E-state index contributed by atoms with van der Waals surface area (Å²) in [5, 5.41) is 2.62. The van der Waals surface area contributed by atoms with Crippen LogP contribution in [0.4, 0.5) is 0 Å². The Bertz CT molecular complexity index is 1300. The summed E-state index contributed by atoms with van der Waals surface area (Å²) in [6, 6.07) is 15.3. The average molecular weight is 431 g/mol. The second-order valence-corrected chi connectivity index (χ2v) is 12.1. The maximum absolute atomic E-state index is 9.02. The monoisotopic (exact) mass is 430 g/mol. The molecule has 0 aliphatic heterocycles. The third kappa shape index (κ3) is 4.28. The molecule has 0 amide bonds. The number of aryl methyl sites for hydroxylation is 1. The zero-order valence-corrected chi connectivity index (χ0v) is 21.0. The van der Waals surface area contributed by atoms with Crippen LogP contribution in [0.1, 0.15) is 78.8 Å². The normalized spacial score (nSPS) is 15.3. The second kappa shape index (κ2) is 7.74. The Kier molecular flexibility index (Phi) is 5.17. The van der Waals surface area contributed by atoms with Gasteiger partial charge in [0.25, 0.3) is 0 Å². The molecule has 2 heteroatoms. The van der Waals surface area contributed by atoms with Crippen molar-refractivity contribution in [1.29, 1.82) is 0 Å². The van der Waals surface area contributed by atoms with Crippen LogP contribution in [-0.2, 0) is 5.41 Å². The fourth-order valence-electron chi connectivity index (χ4n) is 4.75. The van der Waals surface area contributed by atoms with Gasteiger partial charge in [-0.15, -0.1) is 11.3 Å². The fourth-order valence-corrected chi connectivity index (χ4v) is 6.08. The summed E-state index contributed by atoms with van der Waals surface area (Å²) in [6.07, 6.45) is 2.67. The molecule has 0 aliphatic carbocycles. The van der Waals surface area contributed by atoms with E-state index in [-0.39, 0.29) is 10.8 Å². The zero-order chi connectivity index (χ0) is 23.5. The number of nitrogens with zero attached hydrogens (tertiary/aromatic N) is 1. The molecule has 0 aliphatic rings. The van der Waals surface area contributed by atoms with E-state index >= 15 is 0 Å². The first-order valence-corrected chi connectivity index (χ1v) is 12.0. The van der Waals surface area contributed by atoms with Crippen molar-refractivity contribution >= 4 is 31.5 Å². The van der Waals surface area contributed by atoms with E-state index in [0.29, 0.717) is 0 Å². The van der Waals surface area contributed by atoms with Gasteiger partial charge in [-0.2, -0.15) is 0 Å².